The van der Waals surface area contributed by atoms with Gasteiger partial charge in [0, 0.05) is 18.7 Å². The highest BCUT2D eigenvalue weighted by molar-refractivity contribution is 5.81. The van der Waals surface area contributed by atoms with Gasteiger partial charge in [0.05, 0.1) is 35.5 Å². The summed E-state index contributed by atoms with van der Waals surface area (Å²) in [5, 5.41) is 10.1. The number of pyridine rings is 1. The number of nitrogens with two attached hydrogens (primary N) is 2. The quantitative estimate of drug-likeness (QED) is 0.334. The van der Waals surface area contributed by atoms with Crippen LogP contribution in [0.4, 0.5) is 29.1 Å². The molecule has 0 spiro atoms. The van der Waals surface area contributed by atoms with E-state index in [1.165, 1.54) is 18.7 Å². The minimum Gasteiger partial charge on any atom is -0.385 e. The lowest BCUT2D eigenvalue weighted by Crippen LogP contribution is -2.63. The zero-order chi connectivity index (χ0) is 26.3. The zero-order valence-electron chi connectivity index (χ0n) is 19.5. The largest absolute Gasteiger partial charge is 0.385 e. The monoisotopic (exact) mass is 516 g/mol. The Bertz CT molecular complexity index is 1450. The number of alkyl halides is 2. The van der Waals surface area contributed by atoms with Crippen LogP contribution in [0.15, 0.2) is 43.0 Å². The van der Waals surface area contributed by atoms with Gasteiger partial charge < -0.3 is 26.0 Å². The lowest BCUT2D eigenvalue weighted by Gasteiger charge is -2.44. The number of aliphatic hydroxyl groups excluding tert-OH is 1. The molecule has 0 aliphatic carbocycles. The van der Waals surface area contributed by atoms with E-state index in [-0.39, 0.29) is 25.3 Å². The van der Waals surface area contributed by atoms with Crippen LogP contribution >= 0.6 is 0 Å². The van der Waals surface area contributed by atoms with Crippen molar-refractivity contribution in [2.45, 2.75) is 37.5 Å². The molecular weight excluding hydrogens is 492 g/mol. The summed E-state index contributed by atoms with van der Waals surface area (Å²) in [5.41, 5.74) is 13.3. The molecule has 0 radical (unpaired) electrons. The number of fused-ring (bicyclic) bond motifs is 1. The van der Waals surface area contributed by atoms with Gasteiger partial charge in [-0.1, -0.05) is 0 Å². The molecule has 1 aromatic carbocycles. The van der Waals surface area contributed by atoms with Crippen LogP contribution in [0.3, 0.4) is 0 Å². The highest BCUT2D eigenvalue weighted by Gasteiger charge is 2.43. The van der Waals surface area contributed by atoms with E-state index < -0.39 is 29.7 Å². The number of nitrogen functional groups attached to an aromatic ring is 1. The molecule has 1 aliphatic rings. The van der Waals surface area contributed by atoms with Crippen molar-refractivity contribution in [3.05, 3.63) is 60.3 Å². The topological polar surface area (TPSA) is 132 Å². The maximum atomic E-state index is 13.9. The number of hydrogen-bond donors (Lipinski definition) is 3. The van der Waals surface area contributed by atoms with E-state index >= 15 is 0 Å². The van der Waals surface area contributed by atoms with Crippen LogP contribution in [0.25, 0.3) is 22.4 Å². The fourth-order valence-electron chi connectivity index (χ4n) is 4.70. The molecule has 0 bridgehead atoms. The number of aliphatic hydroxyl groups is 1. The maximum Gasteiger partial charge on any atom is 0.265 e. The van der Waals surface area contributed by atoms with Crippen molar-refractivity contribution in [2.75, 3.05) is 23.7 Å². The summed E-state index contributed by atoms with van der Waals surface area (Å²) >= 11 is 0. The Balaban J connectivity index is 1.58. The van der Waals surface area contributed by atoms with Crippen LogP contribution in [0.1, 0.15) is 18.5 Å². The smallest absolute Gasteiger partial charge is 0.265 e. The standard InChI is InChI=1S/C24H24F4N8O/c25-14-3-2-13(8-15(14)26)16-4-5-18(35-7-1-6-24(30,10-35)20(37)21(27)28)17(34-16)9-36-12-33-19-22(29)31-11-32-23(19)36/h2-5,8,11-12,20-21,37H,1,6-7,9-10,30H2,(H2,29,31,32)/t20-,24-/m1/s1. The Morgan fingerprint density at radius 2 is 1.89 bits per heavy atom. The normalized spacial score (nSPS) is 19.1. The number of aromatic nitrogens is 5. The minimum absolute atomic E-state index is 0.0303. The summed E-state index contributed by atoms with van der Waals surface area (Å²) in [6.07, 6.45) is -1.45. The van der Waals surface area contributed by atoms with Gasteiger partial charge in [-0.25, -0.2) is 37.5 Å². The van der Waals surface area contributed by atoms with Gasteiger partial charge in [-0.15, -0.1) is 0 Å². The molecule has 9 nitrogen and oxygen atoms in total. The van der Waals surface area contributed by atoms with Crippen molar-refractivity contribution in [2.24, 2.45) is 5.73 Å². The molecule has 0 unspecified atom stereocenters. The fourth-order valence-corrected chi connectivity index (χ4v) is 4.70. The van der Waals surface area contributed by atoms with Crippen LogP contribution in [-0.4, -0.2) is 60.8 Å². The van der Waals surface area contributed by atoms with E-state index in [4.69, 9.17) is 16.5 Å². The summed E-state index contributed by atoms with van der Waals surface area (Å²) in [6.45, 7) is 0.608. The van der Waals surface area contributed by atoms with Crippen molar-refractivity contribution in [3.8, 4) is 11.3 Å². The van der Waals surface area contributed by atoms with Gasteiger partial charge in [0.15, 0.2) is 23.1 Å². The van der Waals surface area contributed by atoms with Crippen molar-refractivity contribution in [1.82, 2.24) is 24.5 Å². The third-order valence-electron chi connectivity index (χ3n) is 6.64. The first-order valence-corrected chi connectivity index (χ1v) is 11.5. The highest BCUT2D eigenvalue weighted by Crippen LogP contribution is 2.33. The number of piperidine rings is 1. The number of benzene rings is 1. The van der Waals surface area contributed by atoms with Crippen LogP contribution < -0.4 is 16.4 Å². The zero-order valence-corrected chi connectivity index (χ0v) is 19.5. The first kappa shape index (κ1) is 24.8. The number of hydrogen-bond acceptors (Lipinski definition) is 8. The summed E-state index contributed by atoms with van der Waals surface area (Å²) in [5.74, 6) is -1.78. The summed E-state index contributed by atoms with van der Waals surface area (Å²) in [4.78, 5) is 19.0. The number of imidazole rings is 1. The maximum absolute atomic E-state index is 13.9. The molecule has 1 fully saturated rings. The molecule has 0 saturated carbocycles. The predicted octanol–water partition coefficient (Wildman–Crippen LogP) is 2.72. The Morgan fingerprint density at radius 1 is 1.08 bits per heavy atom. The summed E-state index contributed by atoms with van der Waals surface area (Å²) in [7, 11) is 0. The van der Waals surface area contributed by atoms with Crippen molar-refractivity contribution in [1.29, 1.82) is 0 Å². The Morgan fingerprint density at radius 3 is 2.65 bits per heavy atom. The average molecular weight is 517 g/mol. The van der Waals surface area contributed by atoms with Gasteiger partial charge in [0.2, 0.25) is 0 Å². The summed E-state index contributed by atoms with van der Waals surface area (Å²) < 4.78 is 55.8. The van der Waals surface area contributed by atoms with E-state index in [9.17, 15) is 22.7 Å². The average Bonchev–Trinajstić information content (AvgIpc) is 3.29. The van der Waals surface area contributed by atoms with Gasteiger partial charge in [-0.3, -0.25) is 0 Å². The second-order valence-corrected chi connectivity index (χ2v) is 9.13. The number of halogens is 4. The molecule has 3 aromatic heterocycles. The summed E-state index contributed by atoms with van der Waals surface area (Å²) in [6, 6.07) is 6.83. The Labute approximate surface area is 208 Å². The molecule has 1 saturated heterocycles. The first-order chi connectivity index (χ1) is 17.7. The third kappa shape index (κ3) is 4.67. The van der Waals surface area contributed by atoms with Crippen molar-refractivity contribution >= 4 is 22.7 Å². The van der Waals surface area contributed by atoms with E-state index in [0.717, 1.165) is 12.1 Å². The van der Waals surface area contributed by atoms with Crippen LogP contribution in [-0.2, 0) is 6.54 Å². The highest BCUT2D eigenvalue weighted by atomic mass is 19.3. The second-order valence-electron chi connectivity index (χ2n) is 9.13. The minimum atomic E-state index is -2.99. The van der Waals surface area contributed by atoms with Gasteiger partial charge in [-0.2, -0.15) is 0 Å². The molecule has 1 aliphatic heterocycles. The lowest BCUT2D eigenvalue weighted by molar-refractivity contribution is -0.0529. The van der Waals surface area contributed by atoms with Gasteiger partial charge in [-0.05, 0) is 43.2 Å². The van der Waals surface area contributed by atoms with Crippen molar-refractivity contribution in [3.63, 3.8) is 0 Å². The van der Waals surface area contributed by atoms with Crippen molar-refractivity contribution < 1.29 is 22.7 Å². The second kappa shape index (κ2) is 9.56. The molecule has 37 heavy (non-hydrogen) atoms. The van der Waals surface area contributed by atoms with E-state index in [1.807, 2.05) is 0 Å². The van der Waals surface area contributed by atoms with Gasteiger partial charge >= 0.3 is 0 Å². The van der Waals surface area contributed by atoms with Gasteiger partial charge in [0.25, 0.3) is 6.43 Å². The Hall–Kier alpha value is -3.84. The Kier molecular flexibility index (Phi) is 6.42. The molecule has 194 valence electrons. The van der Waals surface area contributed by atoms with E-state index in [1.54, 1.807) is 21.6 Å². The molecular formula is C24H24F4N8O. The predicted molar refractivity (Wildman–Crippen MR) is 129 cm³/mol. The molecule has 5 rings (SSSR count). The molecule has 13 heteroatoms. The van der Waals surface area contributed by atoms with Gasteiger partial charge in [0.1, 0.15) is 17.9 Å². The number of anilines is 2. The SMILES string of the molecule is Nc1ncnc2c1ncn2Cc1nc(-c2ccc(F)c(F)c2)ccc1N1CCC[C@](N)([C@H](O)C(F)F)C1. The van der Waals surface area contributed by atoms with E-state index in [2.05, 4.69) is 15.0 Å². The molecule has 0 amide bonds. The third-order valence-corrected chi connectivity index (χ3v) is 6.64. The molecule has 4 heterocycles. The number of rotatable bonds is 6. The first-order valence-electron chi connectivity index (χ1n) is 11.5. The van der Waals surface area contributed by atoms with Crippen LogP contribution in [0, 0.1) is 11.6 Å². The fraction of sp³-hybridized carbons (Fsp3) is 0.333. The van der Waals surface area contributed by atoms with Crippen LogP contribution in [0.2, 0.25) is 0 Å². The molecule has 5 N–H and O–H groups in total. The van der Waals surface area contributed by atoms with Crippen LogP contribution in [0.5, 0.6) is 0 Å². The lowest BCUT2D eigenvalue weighted by atomic mass is 9.84. The van der Waals surface area contributed by atoms with E-state index in [0.29, 0.717) is 46.8 Å². The number of nitrogens with zero attached hydrogens (tertiary/aromatic N) is 6. The molecule has 4 aromatic rings. The molecule has 2 atom stereocenters.